The second-order valence-corrected chi connectivity index (χ2v) is 1.31. The molecule has 0 aromatic carbocycles. The van der Waals surface area contributed by atoms with Crippen molar-refractivity contribution in [1.82, 2.24) is 0 Å². The van der Waals surface area contributed by atoms with Gasteiger partial charge in [0.15, 0.2) is 0 Å². The number of hydrogen-bond donors (Lipinski definition) is 0. The molecule has 0 saturated carbocycles. The molecule has 0 atom stereocenters. The highest BCUT2D eigenvalue weighted by Gasteiger charge is 1.88. The normalized spacial score (nSPS) is 7.67. The van der Waals surface area contributed by atoms with Gasteiger partial charge in [0.2, 0.25) is 6.08 Å². The average Bonchev–Trinajstić information content (AvgIpc) is 1.80. The van der Waals surface area contributed by atoms with E-state index in [1.165, 1.54) is 13.0 Å². The molecular weight excluding hydrogens is 122 g/mol. The van der Waals surface area contributed by atoms with Crippen molar-refractivity contribution in [2.75, 3.05) is 13.2 Å². The molecule has 0 aromatic rings. The summed E-state index contributed by atoms with van der Waals surface area (Å²) in [5, 5.41) is 0. The fourth-order valence-corrected chi connectivity index (χ4v) is 0.281. The maximum absolute atomic E-state index is 10.0. The lowest BCUT2D eigenvalue weighted by Crippen LogP contribution is -2.02. The lowest BCUT2D eigenvalue weighted by Gasteiger charge is -1.93. The maximum Gasteiger partial charge on any atom is 0.302 e. The number of esters is 1. The van der Waals surface area contributed by atoms with Crippen molar-refractivity contribution in [3.05, 3.63) is 0 Å². The summed E-state index contributed by atoms with van der Waals surface area (Å²) in [4.78, 5) is 22.6. The van der Waals surface area contributed by atoms with E-state index in [-0.39, 0.29) is 19.1 Å². The summed E-state index contributed by atoms with van der Waals surface area (Å²) in [6, 6.07) is 0. The van der Waals surface area contributed by atoms with Gasteiger partial charge < -0.3 is 4.74 Å². The van der Waals surface area contributed by atoms with E-state index in [0.717, 1.165) is 0 Å². The number of carbonyl (C=O) groups is 1. The number of nitrogens with zero attached hydrogens (tertiary/aromatic N) is 1. The van der Waals surface area contributed by atoms with Crippen LogP contribution >= 0.6 is 0 Å². The summed E-state index contributed by atoms with van der Waals surface area (Å²) in [6.45, 7) is 1.65. The number of ether oxygens (including phenoxy) is 1. The minimum atomic E-state index is -0.365. The first kappa shape index (κ1) is 7.85. The van der Waals surface area contributed by atoms with Crippen molar-refractivity contribution >= 4 is 12.0 Å². The zero-order valence-electron chi connectivity index (χ0n) is 5.09. The Bertz CT molecular complexity index is 135. The van der Waals surface area contributed by atoms with Gasteiger partial charge in [-0.1, -0.05) is 0 Å². The highest BCUT2D eigenvalue weighted by molar-refractivity contribution is 5.65. The van der Waals surface area contributed by atoms with Crippen LogP contribution < -0.4 is 0 Å². The molecule has 9 heavy (non-hydrogen) atoms. The molecule has 4 heteroatoms. The molecule has 0 bridgehead atoms. The molecule has 0 fully saturated rings. The smallest absolute Gasteiger partial charge is 0.302 e. The van der Waals surface area contributed by atoms with Gasteiger partial charge in [-0.25, -0.2) is 9.79 Å². The quantitative estimate of drug-likeness (QED) is 0.231. The third kappa shape index (κ3) is 6.85. The van der Waals surface area contributed by atoms with Crippen LogP contribution in [0.1, 0.15) is 6.92 Å². The first-order valence-electron chi connectivity index (χ1n) is 2.44. The number of aliphatic imine (C=N–C) groups is 1. The van der Waals surface area contributed by atoms with Gasteiger partial charge in [-0.15, -0.1) is 0 Å². The second kappa shape index (κ2) is 5.00. The first-order valence-corrected chi connectivity index (χ1v) is 2.44. The summed E-state index contributed by atoms with van der Waals surface area (Å²) >= 11 is 0. The second-order valence-electron chi connectivity index (χ2n) is 1.31. The van der Waals surface area contributed by atoms with Crippen LogP contribution in [0, 0.1) is 0 Å². The molecule has 0 radical (unpaired) electrons. The fraction of sp³-hybridized carbons (Fsp3) is 0.600. The molecule has 0 rings (SSSR count). The van der Waals surface area contributed by atoms with E-state index in [1.807, 2.05) is 0 Å². The van der Waals surface area contributed by atoms with Crippen LogP contribution in [0.4, 0.5) is 0 Å². The Kier molecular flexibility index (Phi) is 4.36. The summed E-state index contributed by atoms with van der Waals surface area (Å²) in [5.41, 5.74) is 0. The van der Waals surface area contributed by atoms with Crippen molar-refractivity contribution in [2.24, 2.45) is 4.99 Å². The molecule has 0 aliphatic rings. The molecule has 0 unspecified atom stereocenters. The number of rotatable bonds is 3. The van der Waals surface area contributed by atoms with Crippen LogP contribution in [0.3, 0.4) is 0 Å². The number of carbonyl (C=O) groups excluding carboxylic acids is 2. The van der Waals surface area contributed by atoms with Gasteiger partial charge in [-0.3, -0.25) is 4.79 Å². The van der Waals surface area contributed by atoms with E-state index in [1.54, 1.807) is 0 Å². The van der Waals surface area contributed by atoms with Crippen molar-refractivity contribution < 1.29 is 14.3 Å². The van der Waals surface area contributed by atoms with E-state index in [9.17, 15) is 9.59 Å². The average molecular weight is 129 g/mol. The number of hydrogen-bond acceptors (Lipinski definition) is 4. The van der Waals surface area contributed by atoms with Crippen LogP contribution in [0.15, 0.2) is 4.99 Å². The van der Waals surface area contributed by atoms with Crippen LogP contribution in [-0.4, -0.2) is 25.2 Å². The van der Waals surface area contributed by atoms with Crippen LogP contribution in [-0.2, 0) is 14.3 Å². The van der Waals surface area contributed by atoms with Gasteiger partial charge in [-0.05, 0) is 0 Å². The molecule has 50 valence electrons. The molecule has 0 aliphatic carbocycles. The Balaban J connectivity index is 3.10. The van der Waals surface area contributed by atoms with Crippen molar-refractivity contribution in [1.29, 1.82) is 0 Å². The van der Waals surface area contributed by atoms with Gasteiger partial charge in [0.25, 0.3) is 0 Å². The molecule has 0 aliphatic heterocycles. The Labute approximate surface area is 52.5 Å². The molecule has 4 nitrogen and oxygen atoms in total. The predicted octanol–water partition coefficient (Wildman–Crippen LogP) is -0.115. The lowest BCUT2D eigenvalue weighted by atomic mass is 10.7. The van der Waals surface area contributed by atoms with E-state index in [4.69, 9.17) is 0 Å². The third-order valence-corrected chi connectivity index (χ3v) is 0.573. The molecule has 0 spiro atoms. The Morgan fingerprint density at radius 2 is 2.44 bits per heavy atom. The van der Waals surface area contributed by atoms with E-state index in [2.05, 4.69) is 9.73 Å². The van der Waals surface area contributed by atoms with Crippen LogP contribution in [0.2, 0.25) is 0 Å². The Hall–Kier alpha value is -1.15. The molecule has 0 aromatic heterocycles. The van der Waals surface area contributed by atoms with Crippen LogP contribution in [0.5, 0.6) is 0 Å². The van der Waals surface area contributed by atoms with Gasteiger partial charge in [0.1, 0.15) is 6.61 Å². The molecule has 0 saturated heterocycles. The highest BCUT2D eigenvalue weighted by atomic mass is 16.5. The van der Waals surface area contributed by atoms with Gasteiger partial charge in [-0.2, -0.15) is 0 Å². The zero-order chi connectivity index (χ0) is 7.11. The summed E-state index contributed by atoms with van der Waals surface area (Å²) in [5.74, 6) is -0.365. The SMILES string of the molecule is CC(=O)OCCN=C=O. The van der Waals surface area contributed by atoms with E-state index in [0.29, 0.717) is 0 Å². The minimum Gasteiger partial charge on any atom is -0.464 e. The minimum absolute atomic E-state index is 0.157. The monoisotopic (exact) mass is 129 g/mol. The molecule has 0 amide bonds. The molecular formula is C5H7NO3. The summed E-state index contributed by atoms with van der Waals surface area (Å²) in [6.07, 6.45) is 1.33. The largest absolute Gasteiger partial charge is 0.464 e. The van der Waals surface area contributed by atoms with Crippen LogP contribution in [0.25, 0.3) is 0 Å². The van der Waals surface area contributed by atoms with Gasteiger partial charge in [0, 0.05) is 6.92 Å². The Morgan fingerprint density at radius 1 is 1.78 bits per heavy atom. The van der Waals surface area contributed by atoms with Crippen molar-refractivity contribution in [2.45, 2.75) is 6.92 Å². The lowest BCUT2D eigenvalue weighted by molar-refractivity contribution is -0.140. The van der Waals surface area contributed by atoms with Crippen molar-refractivity contribution in [3.63, 3.8) is 0 Å². The highest BCUT2D eigenvalue weighted by Crippen LogP contribution is 1.75. The summed E-state index contributed by atoms with van der Waals surface area (Å²) < 4.78 is 4.43. The van der Waals surface area contributed by atoms with Gasteiger partial charge >= 0.3 is 5.97 Å². The summed E-state index contributed by atoms with van der Waals surface area (Å²) in [7, 11) is 0. The molecule has 0 N–H and O–H groups in total. The Morgan fingerprint density at radius 3 is 2.89 bits per heavy atom. The van der Waals surface area contributed by atoms with E-state index >= 15 is 0 Å². The zero-order valence-corrected chi connectivity index (χ0v) is 5.09. The fourth-order valence-electron chi connectivity index (χ4n) is 0.281. The number of isocyanates is 1. The first-order chi connectivity index (χ1) is 4.27. The molecule has 0 heterocycles. The van der Waals surface area contributed by atoms with Gasteiger partial charge in [0.05, 0.1) is 6.54 Å². The topological polar surface area (TPSA) is 55.7 Å². The maximum atomic E-state index is 10.0. The predicted molar refractivity (Wildman–Crippen MR) is 29.6 cm³/mol. The van der Waals surface area contributed by atoms with Crippen molar-refractivity contribution in [3.8, 4) is 0 Å². The third-order valence-electron chi connectivity index (χ3n) is 0.573. The standard InChI is InChI=1S/C5H7NO3/c1-5(8)9-3-2-6-4-7/h2-3H2,1H3. The van der Waals surface area contributed by atoms with E-state index < -0.39 is 0 Å².